The standard InChI is InChI=1S/C13H24O2/c1-10(2)12(13(14)15)9-8-11-6-4-3-5-7-11/h10-12H,3-9H2,1-2H3,(H,14,15). The van der Waals surface area contributed by atoms with Gasteiger partial charge in [0.1, 0.15) is 0 Å². The molecule has 0 aromatic carbocycles. The minimum absolute atomic E-state index is 0.132. The minimum atomic E-state index is -0.610. The van der Waals surface area contributed by atoms with Gasteiger partial charge in [0.05, 0.1) is 5.92 Å². The molecule has 2 nitrogen and oxygen atoms in total. The van der Waals surface area contributed by atoms with Crippen molar-refractivity contribution in [1.82, 2.24) is 0 Å². The molecule has 0 aromatic rings. The molecule has 0 saturated heterocycles. The van der Waals surface area contributed by atoms with Crippen LogP contribution in [0.1, 0.15) is 58.8 Å². The van der Waals surface area contributed by atoms with Gasteiger partial charge in [0.25, 0.3) is 0 Å². The Bertz CT molecular complexity index is 193. The zero-order valence-electron chi connectivity index (χ0n) is 10.0. The van der Waals surface area contributed by atoms with Crippen molar-refractivity contribution in [1.29, 1.82) is 0 Å². The number of hydrogen-bond acceptors (Lipinski definition) is 1. The number of aliphatic carboxylic acids is 1. The molecule has 0 spiro atoms. The summed E-state index contributed by atoms with van der Waals surface area (Å²) in [7, 11) is 0. The molecule has 0 heterocycles. The summed E-state index contributed by atoms with van der Waals surface area (Å²) in [6.45, 7) is 4.03. The molecule has 1 atom stereocenters. The molecule has 0 aromatic heterocycles. The lowest BCUT2D eigenvalue weighted by Crippen LogP contribution is -2.21. The summed E-state index contributed by atoms with van der Waals surface area (Å²) >= 11 is 0. The lowest BCUT2D eigenvalue weighted by molar-refractivity contribution is -0.143. The lowest BCUT2D eigenvalue weighted by atomic mass is 9.82. The van der Waals surface area contributed by atoms with E-state index in [1.165, 1.54) is 32.1 Å². The van der Waals surface area contributed by atoms with Crippen molar-refractivity contribution in [3.05, 3.63) is 0 Å². The van der Waals surface area contributed by atoms with E-state index in [1.54, 1.807) is 0 Å². The topological polar surface area (TPSA) is 37.3 Å². The molecule has 1 rings (SSSR count). The molecule has 0 amide bonds. The highest BCUT2D eigenvalue weighted by Gasteiger charge is 2.23. The van der Waals surface area contributed by atoms with Crippen molar-refractivity contribution in [3.63, 3.8) is 0 Å². The molecule has 1 saturated carbocycles. The van der Waals surface area contributed by atoms with Gasteiger partial charge < -0.3 is 5.11 Å². The maximum Gasteiger partial charge on any atom is 0.306 e. The third kappa shape index (κ3) is 4.23. The van der Waals surface area contributed by atoms with Gasteiger partial charge in [-0.15, -0.1) is 0 Å². The van der Waals surface area contributed by atoms with Gasteiger partial charge in [-0.1, -0.05) is 46.0 Å². The molecule has 1 aliphatic rings. The average Bonchev–Trinajstić information content (AvgIpc) is 2.18. The molecule has 15 heavy (non-hydrogen) atoms. The second kappa shape index (κ2) is 6.14. The monoisotopic (exact) mass is 212 g/mol. The molecule has 1 unspecified atom stereocenters. The minimum Gasteiger partial charge on any atom is -0.481 e. The van der Waals surface area contributed by atoms with E-state index in [2.05, 4.69) is 0 Å². The van der Waals surface area contributed by atoms with E-state index in [1.807, 2.05) is 13.8 Å². The summed E-state index contributed by atoms with van der Waals surface area (Å²) in [6, 6.07) is 0. The quantitative estimate of drug-likeness (QED) is 0.754. The summed E-state index contributed by atoms with van der Waals surface area (Å²) in [5.41, 5.74) is 0. The van der Waals surface area contributed by atoms with E-state index in [-0.39, 0.29) is 11.8 Å². The van der Waals surface area contributed by atoms with Crippen molar-refractivity contribution < 1.29 is 9.90 Å². The van der Waals surface area contributed by atoms with Crippen LogP contribution < -0.4 is 0 Å². The van der Waals surface area contributed by atoms with Crippen LogP contribution >= 0.6 is 0 Å². The van der Waals surface area contributed by atoms with Crippen LogP contribution in [0.3, 0.4) is 0 Å². The highest BCUT2D eigenvalue weighted by atomic mass is 16.4. The molecule has 88 valence electrons. The fourth-order valence-corrected chi connectivity index (χ4v) is 2.63. The average molecular weight is 212 g/mol. The van der Waals surface area contributed by atoms with Gasteiger partial charge >= 0.3 is 5.97 Å². The number of carbonyl (C=O) groups is 1. The van der Waals surface area contributed by atoms with Crippen molar-refractivity contribution in [3.8, 4) is 0 Å². The van der Waals surface area contributed by atoms with Crippen LogP contribution in [0.5, 0.6) is 0 Å². The third-order valence-electron chi connectivity index (χ3n) is 3.73. The molecule has 0 bridgehead atoms. The van der Waals surface area contributed by atoms with Gasteiger partial charge in [-0.3, -0.25) is 4.79 Å². The van der Waals surface area contributed by atoms with Crippen LogP contribution in [0.4, 0.5) is 0 Å². The smallest absolute Gasteiger partial charge is 0.306 e. The second-order valence-corrected chi connectivity index (χ2v) is 5.27. The molecule has 2 heteroatoms. The Hall–Kier alpha value is -0.530. The Balaban J connectivity index is 2.29. The maximum absolute atomic E-state index is 11.0. The predicted octanol–water partition coefficient (Wildman–Crippen LogP) is 3.70. The SMILES string of the molecule is CC(C)C(CCC1CCCCC1)C(=O)O. The van der Waals surface area contributed by atoms with Gasteiger partial charge in [0.2, 0.25) is 0 Å². The van der Waals surface area contributed by atoms with Gasteiger partial charge in [-0.25, -0.2) is 0 Å². The second-order valence-electron chi connectivity index (χ2n) is 5.27. The van der Waals surface area contributed by atoms with Crippen LogP contribution in [-0.2, 0) is 4.79 Å². The molecule has 0 aliphatic heterocycles. The normalized spacial score (nSPS) is 20.5. The van der Waals surface area contributed by atoms with Gasteiger partial charge in [0, 0.05) is 0 Å². The van der Waals surface area contributed by atoms with Gasteiger partial charge in [-0.05, 0) is 24.7 Å². The fraction of sp³-hybridized carbons (Fsp3) is 0.923. The number of rotatable bonds is 5. The number of hydrogen-bond donors (Lipinski definition) is 1. The van der Waals surface area contributed by atoms with Crippen LogP contribution in [0, 0.1) is 17.8 Å². The van der Waals surface area contributed by atoms with Gasteiger partial charge in [0.15, 0.2) is 0 Å². The largest absolute Gasteiger partial charge is 0.481 e. The third-order valence-corrected chi connectivity index (χ3v) is 3.73. The molecule has 0 radical (unpaired) electrons. The molecular formula is C13H24O2. The Kier molecular flexibility index (Phi) is 5.13. The van der Waals surface area contributed by atoms with E-state index in [9.17, 15) is 4.79 Å². The van der Waals surface area contributed by atoms with E-state index >= 15 is 0 Å². The first-order chi connectivity index (χ1) is 7.11. The number of carboxylic acids is 1. The number of carboxylic acid groups (broad SMARTS) is 1. The van der Waals surface area contributed by atoms with E-state index in [4.69, 9.17) is 5.11 Å². The van der Waals surface area contributed by atoms with Crippen molar-refractivity contribution in [2.45, 2.75) is 58.8 Å². The van der Waals surface area contributed by atoms with Crippen LogP contribution in [0.15, 0.2) is 0 Å². The Morgan fingerprint density at radius 2 is 1.87 bits per heavy atom. The summed E-state index contributed by atoms with van der Waals surface area (Å²) in [6.07, 6.45) is 8.72. The van der Waals surface area contributed by atoms with Crippen LogP contribution in [-0.4, -0.2) is 11.1 Å². The Labute approximate surface area is 93.1 Å². The predicted molar refractivity (Wildman–Crippen MR) is 61.8 cm³/mol. The molecule has 1 N–H and O–H groups in total. The molecule has 1 aliphatic carbocycles. The summed E-state index contributed by atoms with van der Waals surface area (Å²) in [4.78, 5) is 11.0. The van der Waals surface area contributed by atoms with Crippen LogP contribution in [0.25, 0.3) is 0 Å². The zero-order chi connectivity index (χ0) is 11.3. The summed E-state index contributed by atoms with van der Waals surface area (Å²) in [5.74, 6) is 0.332. The van der Waals surface area contributed by atoms with E-state index in [0.717, 1.165) is 18.8 Å². The highest BCUT2D eigenvalue weighted by Crippen LogP contribution is 2.30. The Morgan fingerprint density at radius 3 is 2.33 bits per heavy atom. The first kappa shape index (κ1) is 12.5. The lowest BCUT2D eigenvalue weighted by Gasteiger charge is -2.24. The van der Waals surface area contributed by atoms with Crippen molar-refractivity contribution in [2.24, 2.45) is 17.8 Å². The summed E-state index contributed by atoms with van der Waals surface area (Å²) in [5, 5.41) is 9.07. The maximum atomic E-state index is 11.0. The van der Waals surface area contributed by atoms with Crippen molar-refractivity contribution >= 4 is 5.97 Å². The summed E-state index contributed by atoms with van der Waals surface area (Å²) < 4.78 is 0. The van der Waals surface area contributed by atoms with Gasteiger partial charge in [-0.2, -0.15) is 0 Å². The fourth-order valence-electron chi connectivity index (χ4n) is 2.63. The molecule has 1 fully saturated rings. The van der Waals surface area contributed by atoms with E-state index < -0.39 is 5.97 Å². The van der Waals surface area contributed by atoms with Crippen molar-refractivity contribution in [2.75, 3.05) is 0 Å². The Morgan fingerprint density at radius 1 is 1.27 bits per heavy atom. The zero-order valence-corrected chi connectivity index (χ0v) is 10.0. The molecular weight excluding hydrogens is 188 g/mol. The first-order valence-electron chi connectivity index (χ1n) is 6.34. The van der Waals surface area contributed by atoms with Crippen LogP contribution in [0.2, 0.25) is 0 Å². The highest BCUT2D eigenvalue weighted by molar-refractivity contribution is 5.70. The van der Waals surface area contributed by atoms with E-state index in [0.29, 0.717) is 0 Å². The first-order valence-corrected chi connectivity index (χ1v) is 6.34.